The van der Waals surface area contributed by atoms with Crippen LogP contribution in [-0.4, -0.2) is 38.9 Å². The molecule has 39 heavy (non-hydrogen) atoms. The van der Waals surface area contributed by atoms with Gasteiger partial charge in [-0.25, -0.2) is 23.3 Å². The highest BCUT2D eigenvalue weighted by atomic mass is 32.2. The Morgan fingerprint density at radius 3 is 2.62 bits per heavy atom. The first kappa shape index (κ1) is 27.1. The summed E-state index contributed by atoms with van der Waals surface area (Å²) in [7, 11) is -1.47. The van der Waals surface area contributed by atoms with Crippen LogP contribution in [0.4, 0.5) is 13.2 Å². The van der Waals surface area contributed by atoms with Gasteiger partial charge in [0.1, 0.15) is 34.2 Å². The quantitative estimate of drug-likeness (QED) is 0.204. The maximum Gasteiger partial charge on any atom is 0.345 e. The van der Waals surface area contributed by atoms with Gasteiger partial charge < -0.3 is 9.47 Å². The normalized spacial score (nSPS) is 12.5. The molecular formula is C27H23F3N4O3S2. The zero-order valence-corrected chi connectivity index (χ0v) is 22.5. The number of aryl methyl sites for hydroxylation is 2. The summed E-state index contributed by atoms with van der Waals surface area (Å²) in [5, 5.41) is 0.751. The number of aromatic nitrogens is 3. The molecule has 1 unspecified atom stereocenters. The SMILES string of the molecule is Cc1cc(-c2nc3c(C)cc(OCCNS(=O)c4ccc(F)cc4)cc3s2)c2ncc(COC(F)F)nc2c1. The Balaban J connectivity index is 1.33. The summed E-state index contributed by atoms with van der Waals surface area (Å²) in [5.41, 5.74) is 5.02. The molecule has 0 aliphatic heterocycles. The average molecular weight is 573 g/mol. The van der Waals surface area contributed by atoms with Crippen molar-refractivity contribution in [2.75, 3.05) is 13.2 Å². The van der Waals surface area contributed by atoms with E-state index in [2.05, 4.69) is 19.4 Å². The molecule has 0 fully saturated rings. The minimum atomic E-state index is -2.88. The van der Waals surface area contributed by atoms with Gasteiger partial charge in [-0.05, 0) is 73.5 Å². The summed E-state index contributed by atoms with van der Waals surface area (Å²) >= 11 is 1.49. The number of fused-ring (bicyclic) bond motifs is 2. The maximum atomic E-state index is 13.1. The Labute approximate surface area is 228 Å². The molecule has 0 aliphatic carbocycles. The van der Waals surface area contributed by atoms with E-state index in [0.717, 1.165) is 31.9 Å². The molecule has 1 N–H and O–H groups in total. The van der Waals surface area contributed by atoms with Crippen LogP contribution in [0.25, 0.3) is 31.8 Å². The van der Waals surface area contributed by atoms with E-state index in [1.165, 1.54) is 41.8 Å². The topological polar surface area (TPSA) is 86.2 Å². The van der Waals surface area contributed by atoms with Crippen molar-refractivity contribution >= 4 is 43.6 Å². The molecule has 1 atom stereocenters. The summed E-state index contributed by atoms with van der Waals surface area (Å²) < 4.78 is 64.3. The number of nitrogens with zero attached hydrogens (tertiary/aromatic N) is 3. The van der Waals surface area contributed by atoms with Crippen molar-refractivity contribution in [3.8, 4) is 16.3 Å². The van der Waals surface area contributed by atoms with Crippen molar-refractivity contribution in [1.29, 1.82) is 0 Å². The van der Waals surface area contributed by atoms with Crippen LogP contribution in [0.2, 0.25) is 0 Å². The fraction of sp³-hybridized carbons (Fsp3) is 0.222. The van der Waals surface area contributed by atoms with Gasteiger partial charge in [0.2, 0.25) is 0 Å². The van der Waals surface area contributed by atoms with Crippen molar-refractivity contribution in [2.45, 2.75) is 32.0 Å². The molecule has 0 amide bonds. The zero-order valence-electron chi connectivity index (χ0n) is 20.9. The molecule has 5 aromatic rings. The molecule has 7 nitrogen and oxygen atoms in total. The highest BCUT2D eigenvalue weighted by Crippen LogP contribution is 2.37. The van der Waals surface area contributed by atoms with Crippen molar-refractivity contribution in [1.82, 2.24) is 19.7 Å². The van der Waals surface area contributed by atoms with Gasteiger partial charge in [-0.2, -0.15) is 8.78 Å². The van der Waals surface area contributed by atoms with E-state index in [0.29, 0.717) is 33.9 Å². The molecule has 0 bridgehead atoms. The fourth-order valence-electron chi connectivity index (χ4n) is 3.99. The molecule has 3 aromatic carbocycles. The standard InChI is InChI=1S/C27H23F3N4O3S2/c1-15-9-21(25-22(10-15)33-18(13-31-25)14-37-27(29)30)26-34-24-16(2)11-19(12-23(24)38-26)36-8-7-32-39(35)20-5-3-17(28)4-6-20/h3-6,9-13,27,32H,7-8,14H2,1-2H3. The summed E-state index contributed by atoms with van der Waals surface area (Å²) in [5.74, 6) is 0.272. The lowest BCUT2D eigenvalue weighted by atomic mass is 10.1. The van der Waals surface area contributed by atoms with Crippen molar-refractivity contribution < 1.29 is 26.9 Å². The number of nitrogens with one attached hydrogen (secondary N) is 1. The third-order valence-corrected chi connectivity index (χ3v) is 7.92. The van der Waals surface area contributed by atoms with Gasteiger partial charge >= 0.3 is 6.61 Å². The first-order valence-electron chi connectivity index (χ1n) is 11.9. The largest absolute Gasteiger partial charge is 0.492 e. The Morgan fingerprint density at radius 1 is 1.05 bits per heavy atom. The number of ether oxygens (including phenoxy) is 2. The summed E-state index contributed by atoms with van der Waals surface area (Å²) in [6, 6.07) is 13.1. The number of rotatable bonds is 10. The van der Waals surface area contributed by atoms with E-state index in [1.54, 1.807) is 0 Å². The maximum absolute atomic E-state index is 13.1. The van der Waals surface area contributed by atoms with E-state index in [-0.39, 0.29) is 19.0 Å². The van der Waals surface area contributed by atoms with Crippen molar-refractivity contribution in [3.05, 3.63) is 77.4 Å². The van der Waals surface area contributed by atoms with Gasteiger partial charge in [0.25, 0.3) is 0 Å². The van der Waals surface area contributed by atoms with Crippen LogP contribution >= 0.6 is 11.3 Å². The fourth-order valence-corrected chi connectivity index (χ4v) is 5.90. The molecule has 12 heteroatoms. The lowest BCUT2D eigenvalue weighted by molar-refractivity contribution is -0.137. The van der Waals surface area contributed by atoms with Crippen LogP contribution in [0.1, 0.15) is 16.8 Å². The van der Waals surface area contributed by atoms with Crippen LogP contribution in [0, 0.1) is 19.7 Å². The van der Waals surface area contributed by atoms with Crippen LogP contribution < -0.4 is 9.46 Å². The van der Waals surface area contributed by atoms with Gasteiger partial charge in [0.15, 0.2) is 0 Å². The monoisotopic (exact) mass is 572 g/mol. The number of halogens is 3. The number of thiazole rings is 1. The first-order chi connectivity index (χ1) is 18.8. The molecule has 2 heterocycles. The van der Waals surface area contributed by atoms with Crippen LogP contribution in [0.15, 0.2) is 59.6 Å². The van der Waals surface area contributed by atoms with Gasteiger partial charge in [0, 0.05) is 12.1 Å². The van der Waals surface area contributed by atoms with Gasteiger partial charge in [0.05, 0.1) is 44.6 Å². The third kappa shape index (κ3) is 6.41. The second-order valence-electron chi connectivity index (χ2n) is 8.68. The van der Waals surface area contributed by atoms with Gasteiger partial charge in [-0.15, -0.1) is 11.3 Å². The van der Waals surface area contributed by atoms with E-state index < -0.39 is 17.6 Å². The van der Waals surface area contributed by atoms with Crippen LogP contribution in [0.3, 0.4) is 0 Å². The predicted octanol–water partition coefficient (Wildman–Crippen LogP) is 6.09. The number of hydrogen-bond acceptors (Lipinski definition) is 7. The van der Waals surface area contributed by atoms with Crippen LogP contribution in [0.5, 0.6) is 5.75 Å². The smallest absolute Gasteiger partial charge is 0.345 e. The molecule has 0 radical (unpaired) electrons. The highest BCUT2D eigenvalue weighted by Gasteiger charge is 2.16. The van der Waals surface area contributed by atoms with E-state index >= 15 is 0 Å². The number of alkyl halides is 2. The predicted molar refractivity (Wildman–Crippen MR) is 145 cm³/mol. The molecule has 0 spiro atoms. The zero-order chi connectivity index (χ0) is 27.5. The Hall–Kier alpha value is -3.45. The lowest BCUT2D eigenvalue weighted by Crippen LogP contribution is -2.23. The summed E-state index contributed by atoms with van der Waals surface area (Å²) in [6.07, 6.45) is 1.44. The first-order valence-corrected chi connectivity index (χ1v) is 13.8. The average Bonchev–Trinajstić information content (AvgIpc) is 3.34. The summed E-state index contributed by atoms with van der Waals surface area (Å²) in [4.78, 5) is 14.3. The second kappa shape index (κ2) is 11.7. The Morgan fingerprint density at radius 2 is 1.85 bits per heavy atom. The third-order valence-electron chi connectivity index (χ3n) is 5.72. The van der Waals surface area contributed by atoms with E-state index in [4.69, 9.17) is 9.72 Å². The second-order valence-corrected chi connectivity index (χ2v) is 11.0. The molecule has 0 aliphatic rings. The van der Waals surface area contributed by atoms with Crippen LogP contribution in [-0.2, 0) is 22.3 Å². The molecule has 5 rings (SSSR count). The van der Waals surface area contributed by atoms with Gasteiger partial charge in [-0.3, -0.25) is 4.98 Å². The van der Waals surface area contributed by atoms with E-state index in [1.807, 2.05) is 38.1 Å². The molecule has 0 saturated heterocycles. The summed E-state index contributed by atoms with van der Waals surface area (Å²) in [6.45, 7) is 1.27. The molecule has 0 saturated carbocycles. The van der Waals surface area contributed by atoms with Gasteiger partial charge in [-0.1, -0.05) is 0 Å². The van der Waals surface area contributed by atoms with Crippen molar-refractivity contribution in [3.63, 3.8) is 0 Å². The van der Waals surface area contributed by atoms with E-state index in [9.17, 15) is 17.4 Å². The number of hydrogen-bond donors (Lipinski definition) is 1. The molecular weight excluding hydrogens is 549 g/mol. The minimum absolute atomic E-state index is 0.277. The highest BCUT2D eigenvalue weighted by molar-refractivity contribution is 7.83. The molecule has 202 valence electrons. The minimum Gasteiger partial charge on any atom is -0.492 e. The Bertz CT molecular complexity index is 1660. The number of benzene rings is 3. The lowest BCUT2D eigenvalue weighted by Gasteiger charge is -2.08. The Kier molecular flexibility index (Phi) is 8.17. The van der Waals surface area contributed by atoms with Crippen molar-refractivity contribution in [2.24, 2.45) is 0 Å². The molecule has 2 aromatic heterocycles.